The first-order valence-corrected chi connectivity index (χ1v) is 11.3. The Hall–Kier alpha value is -2.26. The Kier molecular flexibility index (Phi) is 5.68. The number of aromatic nitrogens is 4. The minimum Gasteiger partial charge on any atom is -0.508 e. The molecule has 0 aliphatic carbocycles. The van der Waals surface area contributed by atoms with Crippen molar-refractivity contribution in [3.8, 4) is 17.1 Å². The molecule has 0 fully saturated rings. The van der Waals surface area contributed by atoms with Gasteiger partial charge in [0, 0.05) is 20.2 Å². The summed E-state index contributed by atoms with van der Waals surface area (Å²) in [5.74, 6) is -0.205. The summed E-state index contributed by atoms with van der Waals surface area (Å²) in [6.45, 7) is 7.68. The molecular formula is C15H22N4O4Si. The van der Waals surface area contributed by atoms with Crippen LogP contribution < -0.4 is 0 Å². The molecule has 0 radical (unpaired) electrons. The molecule has 9 heteroatoms. The molecule has 2 aromatic rings. The van der Waals surface area contributed by atoms with E-state index in [0.717, 1.165) is 6.04 Å². The first kappa shape index (κ1) is 18.1. The van der Waals surface area contributed by atoms with Crippen LogP contribution in [0.3, 0.4) is 0 Å². The average molecular weight is 350 g/mol. The smallest absolute Gasteiger partial charge is 0.338 e. The molecule has 1 heterocycles. The van der Waals surface area contributed by atoms with Gasteiger partial charge in [-0.3, -0.25) is 0 Å². The van der Waals surface area contributed by atoms with Gasteiger partial charge in [-0.1, -0.05) is 19.6 Å². The Morgan fingerprint density at radius 3 is 2.71 bits per heavy atom. The topological polar surface area (TPSA) is 99.4 Å². The first-order valence-electron chi connectivity index (χ1n) is 7.57. The lowest BCUT2D eigenvalue weighted by Gasteiger charge is -2.15. The zero-order valence-electron chi connectivity index (χ0n) is 14.3. The number of methoxy groups -OCH3 is 1. The summed E-state index contributed by atoms with van der Waals surface area (Å²) in [4.78, 5) is 11.7. The second kappa shape index (κ2) is 7.54. The van der Waals surface area contributed by atoms with Crippen LogP contribution in [-0.2, 0) is 16.2 Å². The molecule has 0 saturated heterocycles. The number of rotatable bonds is 7. The highest BCUT2D eigenvalue weighted by Gasteiger charge is 2.16. The number of hydrogen-bond acceptors (Lipinski definition) is 7. The number of nitrogens with zero attached hydrogens (tertiary/aromatic N) is 4. The maximum atomic E-state index is 11.7. The van der Waals surface area contributed by atoms with Gasteiger partial charge >= 0.3 is 5.97 Å². The number of aromatic hydroxyl groups is 1. The Morgan fingerprint density at radius 2 is 2.04 bits per heavy atom. The van der Waals surface area contributed by atoms with Crippen molar-refractivity contribution in [2.24, 2.45) is 0 Å². The molecule has 1 aromatic carbocycles. The van der Waals surface area contributed by atoms with Crippen LogP contribution >= 0.6 is 0 Å². The normalized spacial score (nSPS) is 11.5. The fourth-order valence-corrected chi connectivity index (χ4v) is 2.76. The van der Waals surface area contributed by atoms with Crippen molar-refractivity contribution in [2.75, 3.05) is 13.7 Å². The van der Waals surface area contributed by atoms with Crippen molar-refractivity contribution >= 4 is 14.0 Å². The van der Waals surface area contributed by atoms with Crippen molar-refractivity contribution in [3.63, 3.8) is 0 Å². The minimum atomic E-state index is -1.16. The SMILES string of the molecule is COC(=O)c1cc(O)cc(-c2nnnn2COCC[Si](C)(C)C)c1. The first-order chi connectivity index (χ1) is 11.3. The minimum absolute atomic E-state index is 0.0675. The number of benzene rings is 1. The van der Waals surface area contributed by atoms with E-state index in [1.807, 2.05) is 0 Å². The molecule has 8 nitrogen and oxygen atoms in total. The van der Waals surface area contributed by atoms with E-state index in [2.05, 4.69) is 39.9 Å². The van der Waals surface area contributed by atoms with Crippen LogP contribution in [0.2, 0.25) is 25.7 Å². The Balaban J connectivity index is 2.15. The summed E-state index contributed by atoms with van der Waals surface area (Å²) in [5.41, 5.74) is 0.732. The van der Waals surface area contributed by atoms with E-state index >= 15 is 0 Å². The third-order valence-corrected chi connectivity index (χ3v) is 5.04. The molecule has 1 N–H and O–H groups in total. The standard InChI is InChI=1S/C15H22N4O4Si/c1-22-15(21)12-7-11(8-13(20)9-12)14-16-17-18-19(14)10-23-5-6-24(2,3)4/h7-9,20H,5-6,10H2,1-4H3. The lowest BCUT2D eigenvalue weighted by Crippen LogP contribution is -2.22. The summed E-state index contributed by atoms with van der Waals surface area (Å²) in [6.07, 6.45) is 0. The van der Waals surface area contributed by atoms with Crippen molar-refractivity contribution < 1.29 is 19.4 Å². The van der Waals surface area contributed by atoms with E-state index < -0.39 is 14.0 Å². The largest absolute Gasteiger partial charge is 0.508 e. The molecule has 0 amide bonds. The van der Waals surface area contributed by atoms with E-state index in [-0.39, 0.29) is 18.0 Å². The number of phenolic OH excluding ortho intramolecular Hbond substituents is 1. The molecule has 1 aromatic heterocycles. The number of ether oxygens (including phenoxy) is 2. The Labute approximate surface area is 141 Å². The highest BCUT2D eigenvalue weighted by molar-refractivity contribution is 6.76. The van der Waals surface area contributed by atoms with Gasteiger partial charge in [0.25, 0.3) is 0 Å². The Bertz CT molecular complexity index is 712. The predicted molar refractivity (Wildman–Crippen MR) is 90.4 cm³/mol. The quantitative estimate of drug-likeness (QED) is 0.464. The Morgan fingerprint density at radius 1 is 1.29 bits per heavy atom. The summed E-state index contributed by atoms with van der Waals surface area (Å²) < 4.78 is 11.8. The number of carbonyl (C=O) groups excluding carboxylic acids is 1. The summed E-state index contributed by atoms with van der Waals surface area (Å²) >= 11 is 0. The van der Waals surface area contributed by atoms with Crippen LogP contribution in [0.15, 0.2) is 18.2 Å². The third kappa shape index (κ3) is 4.87. The number of hydrogen-bond donors (Lipinski definition) is 1. The van der Waals surface area contributed by atoms with Crippen LogP contribution in [0, 0.1) is 0 Å². The highest BCUT2D eigenvalue weighted by atomic mass is 28.3. The number of phenols is 1. The van der Waals surface area contributed by atoms with E-state index in [0.29, 0.717) is 18.0 Å². The zero-order valence-corrected chi connectivity index (χ0v) is 15.3. The van der Waals surface area contributed by atoms with Gasteiger partial charge in [-0.05, 0) is 34.7 Å². The van der Waals surface area contributed by atoms with Gasteiger partial charge < -0.3 is 14.6 Å². The molecule has 130 valence electrons. The van der Waals surface area contributed by atoms with Gasteiger partial charge in [-0.15, -0.1) is 5.10 Å². The van der Waals surface area contributed by atoms with Crippen LogP contribution in [-0.4, -0.2) is 53.1 Å². The van der Waals surface area contributed by atoms with E-state index in [1.54, 1.807) is 6.07 Å². The molecule has 0 unspecified atom stereocenters. The highest BCUT2D eigenvalue weighted by Crippen LogP contribution is 2.24. The van der Waals surface area contributed by atoms with Gasteiger partial charge in [0.1, 0.15) is 12.5 Å². The second-order valence-electron chi connectivity index (χ2n) is 6.61. The maximum absolute atomic E-state index is 11.7. The van der Waals surface area contributed by atoms with E-state index in [1.165, 1.54) is 23.9 Å². The lowest BCUT2D eigenvalue weighted by molar-refractivity contribution is 0.0600. The number of tetrazole rings is 1. The van der Waals surface area contributed by atoms with Gasteiger partial charge in [0.2, 0.25) is 0 Å². The van der Waals surface area contributed by atoms with Crippen LogP contribution in [0.1, 0.15) is 10.4 Å². The van der Waals surface area contributed by atoms with Crippen molar-refractivity contribution in [1.29, 1.82) is 0 Å². The van der Waals surface area contributed by atoms with Crippen molar-refractivity contribution in [1.82, 2.24) is 20.2 Å². The number of esters is 1. The van der Waals surface area contributed by atoms with Crippen LogP contribution in [0.5, 0.6) is 5.75 Å². The third-order valence-electron chi connectivity index (χ3n) is 3.34. The average Bonchev–Trinajstić information content (AvgIpc) is 2.97. The van der Waals surface area contributed by atoms with Crippen molar-refractivity contribution in [2.45, 2.75) is 32.4 Å². The predicted octanol–water partition coefficient (Wildman–Crippen LogP) is 2.14. The van der Waals surface area contributed by atoms with Crippen LogP contribution in [0.25, 0.3) is 11.4 Å². The molecule has 0 atom stereocenters. The molecule has 0 spiro atoms. The summed E-state index contributed by atoms with van der Waals surface area (Å²) in [6, 6.07) is 5.42. The second-order valence-corrected chi connectivity index (χ2v) is 12.2. The molecule has 0 bridgehead atoms. The van der Waals surface area contributed by atoms with Gasteiger partial charge in [-0.2, -0.15) is 4.68 Å². The fraction of sp³-hybridized carbons (Fsp3) is 0.467. The fourth-order valence-electron chi connectivity index (χ4n) is 2.00. The summed E-state index contributed by atoms with van der Waals surface area (Å²) in [5, 5.41) is 21.3. The van der Waals surface area contributed by atoms with E-state index in [4.69, 9.17) is 4.74 Å². The molecule has 2 rings (SSSR count). The number of carbonyl (C=O) groups is 1. The van der Waals surface area contributed by atoms with Crippen LogP contribution in [0.4, 0.5) is 0 Å². The van der Waals surface area contributed by atoms with Crippen molar-refractivity contribution in [3.05, 3.63) is 23.8 Å². The lowest BCUT2D eigenvalue weighted by atomic mass is 10.1. The molecule has 0 saturated carbocycles. The van der Waals surface area contributed by atoms with Gasteiger partial charge in [0.05, 0.1) is 12.7 Å². The monoisotopic (exact) mass is 350 g/mol. The van der Waals surface area contributed by atoms with Gasteiger partial charge in [0.15, 0.2) is 5.82 Å². The summed E-state index contributed by atoms with van der Waals surface area (Å²) in [7, 11) is 0.121. The van der Waals surface area contributed by atoms with E-state index in [9.17, 15) is 9.90 Å². The van der Waals surface area contributed by atoms with Gasteiger partial charge in [-0.25, -0.2) is 4.79 Å². The zero-order chi connectivity index (χ0) is 17.7. The molecule has 0 aliphatic heterocycles. The molecule has 0 aliphatic rings. The molecule has 24 heavy (non-hydrogen) atoms. The molecular weight excluding hydrogens is 328 g/mol. The maximum Gasteiger partial charge on any atom is 0.338 e.